The Bertz CT molecular complexity index is 604. The van der Waals surface area contributed by atoms with Gasteiger partial charge in [-0.15, -0.1) is 0 Å². The second-order valence-electron chi connectivity index (χ2n) is 6.32. The minimum absolute atomic E-state index is 0.0427. The van der Waals surface area contributed by atoms with Gasteiger partial charge < -0.3 is 20.1 Å². The highest BCUT2D eigenvalue weighted by Gasteiger charge is 2.10. The molecule has 0 unspecified atom stereocenters. The Morgan fingerprint density at radius 1 is 1.04 bits per heavy atom. The van der Waals surface area contributed by atoms with E-state index in [9.17, 15) is 9.59 Å². The lowest BCUT2D eigenvalue weighted by atomic mass is 9.96. The molecule has 1 aromatic carbocycles. The van der Waals surface area contributed by atoms with Crippen molar-refractivity contribution in [1.29, 1.82) is 0 Å². The van der Waals surface area contributed by atoms with Gasteiger partial charge in [-0.2, -0.15) is 0 Å². The molecule has 0 aliphatic carbocycles. The highest BCUT2D eigenvalue weighted by Crippen LogP contribution is 2.27. The molecule has 0 heterocycles. The number of hydrogen-bond acceptors (Lipinski definition) is 4. The third-order valence-corrected chi connectivity index (χ3v) is 3.09. The van der Waals surface area contributed by atoms with Crippen molar-refractivity contribution in [1.82, 2.24) is 10.6 Å². The Balaban J connectivity index is 2.44. The van der Waals surface area contributed by atoms with Crippen molar-refractivity contribution in [3.05, 3.63) is 35.9 Å². The Labute approximate surface area is 143 Å². The molecular weight excluding hydrogens is 308 g/mol. The number of benzene rings is 1. The molecule has 0 atom stereocenters. The maximum absolute atomic E-state index is 12.1. The van der Waals surface area contributed by atoms with Crippen LogP contribution in [0.5, 0.6) is 11.5 Å². The summed E-state index contributed by atoms with van der Waals surface area (Å²) in [5.74, 6) is 0.637. The van der Waals surface area contributed by atoms with E-state index in [4.69, 9.17) is 9.47 Å². The van der Waals surface area contributed by atoms with Crippen molar-refractivity contribution in [3.63, 3.8) is 0 Å². The minimum Gasteiger partial charge on any atom is -0.493 e. The molecule has 1 rings (SSSR count). The van der Waals surface area contributed by atoms with Crippen molar-refractivity contribution in [2.24, 2.45) is 5.41 Å². The highest BCUT2D eigenvalue weighted by molar-refractivity contribution is 5.95. The third kappa shape index (κ3) is 6.73. The van der Waals surface area contributed by atoms with Crippen molar-refractivity contribution < 1.29 is 19.1 Å². The molecule has 0 radical (unpaired) electrons. The maximum atomic E-state index is 12.1. The zero-order valence-electron chi connectivity index (χ0n) is 14.9. The zero-order valence-corrected chi connectivity index (χ0v) is 14.9. The van der Waals surface area contributed by atoms with E-state index in [0.717, 1.165) is 0 Å². The summed E-state index contributed by atoms with van der Waals surface area (Å²) < 4.78 is 10.3. The second kappa shape index (κ2) is 8.96. The third-order valence-electron chi connectivity index (χ3n) is 3.09. The average molecular weight is 334 g/mol. The van der Waals surface area contributed by atoms with Gasteiger partial charge in [0.25, 0.3) is 5.91 Å². The lowest BCUT2D eigenvalue weighted by molar-refractivity contribution is -0.116. The van der Waals surface area contributed by atoms with Gasteiger partial charge in [-0.25, -0.2) is 0 Å². The van der Waals surface area contributed by atoms with Gasteiger partial charge in [0.2, 0.25) is 5.91 Å². The van der Waals surface area contributed by atoms with Crippen LogP contribution in [0.4, 0.5) is 0 Å². The first kappa shape index (κ1) is 19.5. The Kier molecular flexibility index (Phi) is 7.30. The summed E-state index contributed by atoms with van der Waals surface area (Å²) in [6.45, 7) is 6.73. The number of methoxy groups -OCH3 is 2. The van der Waals surface area contributed by atoms with E-state index in [0.29, 0.717) is 30.2 Å². The molecule has 0 bridgehead atoms. The molecule has 1 aromatic rings. The molecule has 0 aliphatic rings. The molecule has 2 N–H and O–H groups in total. The highest BCUT2D eigenvalue weighted by atomic mass is 16.5. The molecule has 6 heteroatoms. The van der Waals surface area contributed by atoms with Crippen LogP contribution >= 0.6 is 0 Å². The molecule has 0 fully saturated rings. The number of ether oxygens (including phenoxy) is 2. The summed E-state index contributed by atoms with van der Waals surface area (Å²) in [7, 11) is 3.05. The van der Waals surface area contributed by atoms with Crippen LogP contribution in [0, 0.1) is 5.41 Å². The number of rotatable bonds is 7. The largest absolute Gasteiger partial charge is 0.493 e. The van der Waals surface area contributed by atoms with Crippen LogP contribution in [0.2, 0.25) is 0 Å². The topological polar surface area (TPSA) is 76.7 Å². The van der Waals surface area contributed by atoms with Crippen molar-refractivity contribution >= 4 is 11.8 Å². The van der Waals surface area contributed by atoms with E-state index < -0.39 is 0 Å². The van der Waals surface area contributed by atoms with Crippen LogP contribution in [-0.2, 0) is 4.79 Å². The van der Waals surface area contributed by atoms with E-state index in [1.54, 1.807) is 18.2 Å². The maximum Gasteiger partial charge on any atom is 0.251 e. The summed E-state index contributed by atoms with van der Waals surface area (Å²) in [5.41, 5.74) is 0.422. The van der Waals surface area contributed by atoms with Gasteiger partial charge in [0.05, 0.1) is 14.2 Å². The van der Waals surface area contributed by atoms with Gasteiger partial charge >= 0.3 is 0 Å². The molecule has 6 nitrogen and oxygen atoms in total. The van der Waals surface area contributed by atoms with Gasteiger partial charge in [0.1, 0.15) is 0 Å². The van der Waals surface area contributed by atoms with Gasteiger partial charge in [-0.1, -0.05) is 26.8 Å². The fraction of sp³-hybridized carbons (Fsp3) is 0.444. The Morgan fingerprint density at radius 3 is 2.25 bits per heavy atom. The molecule has 24 heavy (non-hydrogen) atoms. The summed E-state index contributed by atoms with van der Waals surface area (Å²) in [6.07, 6.45) is 3.35. The standard InChI is InChI=1S/C18H26N2O4/c1-18(2,3)9-8-16(21)19-10-11-20-17(22)13-6-7-14(23-4)15(12-13)24-5/h6-9,12H,10-11H2,1-5H3,(H,19,21)(H,20,22)/b9-8+. The Morgan fingerprint density at radius 2 is 1.67 bits per heavy atom. The zero-order chi connectivity index (χ0) is 18.2. The smallest absolute Gasteiger partial charge is 0.251 e. The number of allylic oxidation sites excluding steroid dienone is 1. The first-order valence-electron chi connectivity index (χ1n) is 7.74. The summed E-state index contributed by atoms with van der Waals surface area (Å²) >= 11 is 0. The molecule has 0 aliphatic heterocycles. The summed E-state index contributed by atoms with van der Waals surface area (Å²) in [6, 6.07) is 4.94. The van der Waals surface area contributed by atoms with Gasteiger partial charge in [0.15, 0.2) is 11.5 Å². The minimum atomic E-state index is -0.240. The van der Waals surface area contributed by atoms with E-state index in [2.05, 4.69) is 10.6 Å². The quantitative estimate of drug-likeness (QED) is 0.592. The molecule has 0 saturated carbocycles. The SMILES string of the molecule is COc1ccc(C(=O)NCCNC(=O)/C=C/C(C)(C)C)cc1OC. The lowest BCUT2D eigenvalue weighted by Gasteiger charge is -2.11. The Hall–Kier alpha value is -2.50. The van der Waals surface area contributed by atoms with Crippen LogP contribution < -0.4 is 20.1 Å². The molecule has 0 aromatic heterocycles. The fourth-order valence-electron chi connectivity index (χ4n) is 1.83. The summed E-state index contributed by atoms with van der Waals surface area (Å²) in [4.78, 5) is 23.7. The van der Waals surface area contributed by atoms with Gasteiger partial charge in [-0.05, 0) is 29.7 Å². The van der Waals surface area contributed by atoms with Crippen LogP contribution in [0.15, 0.2) is 30.4 Å². The number of carbonyl (C=O) groups is 2. The van der Waals surface area contributed by atoms with Gasteiger partial charge in [-0.3, -0.25) is 9.59 Å². The van der Waals surface area contributed by atoms with Crippen molar-refractivity contribution in [3.8, 4) is 11.5 Å². The molecular formula is C18H26N2O4. The first-order chi connectivity index (χ1) is 11.3. The van der Waals surface area contributed by atoms with Crippen LogP contribution in [-0.4, -0.2) is 39.1 Å². The summed E-state index contributed by atoms with van der Waals surface area (Å²) in [5, 5.41) is 5.46. The van der Waals surface area contributed by atoms with Crippen LogP contribution in [0.25, 0.3) is 0 Å². The molecule has 2 amide bonds. The first-order valence-corrected chi connectivity index (χ1v) is 7.74. The average Bonchev–Trinajstić information content (AvgIpc) is 2.55. The van der Waals surface area contributed by atoms with E-state index in [1.807, 2.05) is 26.8 Å². The molecule has 0 saturated heterocycles. The number of amides is 2. The van der Waals surface area contributed by atoms with E-state index in [-0.39, 0.29) is 17.2 Å². The van der Waals surface area contributed by atoms with E-state index >= 15 is 0 Å². The normalized spacial score (nSPS) is 11.2. The molecule has 0 spiro atoms. The number of nitrogens with one attached hydrogen (secondary N) is 2. The second-order valence-corrected chi connectivity index (χ2v) is 6.32. The van der Waals surface area contributed by atoms with Crippen molar-refractivity contribution in [2.75, 3.05) is 27.3 Å². The van der Waals surface area contributed by atoms with Crippen LogP contribution in [0.3, 0.4) is 0 Å². The van der Waals surface area contributed by atoms with E-state index in [1.165, 1.54) is 20.3 Å². The van der Waals surface area contributed by atoms with Gasteiger partial charge in [0, 0.05) is 18.7 Å². The monoisotopic (exact) mass is 334 g/mol. The number of carbonyl (C=O) groups excluding carboxylic acids is 2. The lowest BCUT2D eigenvalue weighted by Crippen LogP contribution is -2.34. The molecule has 132 valence electrons. The predicted octanol–water partition coefficient (Wildman–Crippen LogP) is 2.15. The fourth-order valence-corrected chi connectivity index (χ4v) is 1.83. The van der Waals surface area contributed by atoms with Crippen molar-refractivity contribution in [2.45, 2.75) is 20.8 Å². The number of hydrogen-bond donors (Lipinski definition) is 2. The predicted molar refractivity (Wildman–Crippen MR) is 93.5 cm³/mol. The van der Waals surface area contributed by atoms with Crippen LogP contribution in [0.1, 0.15) is 31.1 Å².